The van der Waals surface area contributed by atoms with Crippen molar-refractivity contribution in [2.24, 2.45) is 11.8 Å². The molecule has 2 heterocycles. The van der Waals surface area contributed by atoms with Crippen LogP contribution in [0.15, 0.2) is 72.8 Å². The van der Waals surface area contributed by atoms with Crippen LogP contribution in [0, 0.1) is 11.8 Å². The fourth-order valence-electron chi connectivity index (χ4n) is 6.08. The Morgan fingerprint density at radius 2 is 1.38 bits per heavy atom. The number of hydrogen-bond donors (Lipinski definition) is 0. The maximum atomic E-state index is 14.0. The Labute approximate surface area is 258 Å². The number of nitrogens with zero attached hydrogens (tertiary/aromatic N) is 4. The van der Waals surface area contributed by atoms with Crippen LogP contribution in [0.2, 0.25) is 10.0 Å². The highest BCUT2D eigenvalue weighted by molar-refractivity contribution is 6.31. The molecule has 2 aliphatic heterocycles. The summed E-state index contributed by atoms with van der Waals surface area (Å²) in [5.74, 6) is 0.427. The Morgan fingerprint density at radius 1 is 0.690 bits per heavy atom. The van der Waals surface area contributed by atoms with E-state index < -0.39 is 0 Å². The van der Waals surface area contributed by atoms with Gasteiger partial charge in [0.1, 0.15) is 0 Å². The van der Waals surface area contributed by atoms with Gasteiger partial charge < -0.3 is 9.80 Å². The second-order valence-electron chi connectivity index (χ2n) is 11.9. The van der Waals surface area contributed by atoms with E-state index in [2.05, 4.69) is 34.1 Å². The monoisotopic (exact) mass is 604 g/mol. The summed E-state index contributed by atoms with van der Waals surface area (Å²) in [6, 6.07) is 24.2. The number of carbonyl (C=O) groups is 2. The first-order valence-electron chi connectivity index (χ1n) is 15.0. The van der Waals surface area contributed by atoms with Gasteiger partial charge in [-0.2, -0.15) is 0 Å². The highest BCUT2D eigenvalue weighted by Gasteiger charge is 2.37. The number of hydrogen-bond acceptors (Lipinski definition) is 4. The third kappa shape index (κ3) is 7.17. The number of amides is 2. The lowest BCUT2D eigenvalue weighted by Gasteiger charge is -2.41. The number of benzene rings is 3. The number of likely N-dealkylation sites (tertiary alicyclic amines) is 1. The van der Waals surface area contributed by atoms with E-state index in [0.717, 1.165) is 74.8 Å². The summed E-state index contributed by atoms with van der Waals surface area (Å²) in [5.41, 5.74) is 4.29. The molecular weight excluding hydrogens is 567 g/mol. The summed E-state index contributed by atoms with van der Waals surface area (Å²) in [7, 11) is 0. The number of halogens is 2. The van der Waals surface area contributed by atoms with Crippen LogP contribution in [-0.4, -0.2) is 65.8 Å². The highest BCUT2D eigenvalue weighted by atomic mass is 35.5. The number of rotatable bonds is 6. The van der Waals surface area contributed by atoms with Crippen LogP contribution in [-0.2, 0) is 29.2 Å². The lowest BCUT2D eigenvalue weighted by molar-refractivity contribution is -0.142. The molecule has 0 radical (unpaired) electrons. The molecule has 42 heavy (non-hydrogen) atoms. The molecule has 8 heteroatoms. The standard InChI is InChI=1S/C34H38Cl2N4O2/c35-30-12-7-26(8-13-30)21-38-22-29(23-38)33(41)39-18-17-37(20-25-5-2-1-3-6-25)15-4-16-40(34(42)27-9-10-27)32-19-31(36)14-11-28(32)24-39/h1-3,5-8,11-14,19,27,29H,4,9-10,15-18,20-24H2. The van der Waals surface area contributed by atoms with E-state index in [1.807, 2.05) is 58.3 Å². The van der Waals surface area contributed by atoms with Crippen molar-refractivity contribution in [2.75, 3.05) is 44.2 Å². The second kappa shape index (κ2) is 13.2. The molecule has 1 saturated heterocycles. The molecule has 2 amide bonds. The first-order valence-corrected chi connectivity index (χ1v) is 15.8. The zero-order valence-electron chi connectivity index (χ0n) is 23.9. The molecule has 1 aliphatic carbocycles. The first kappa shape index (κ1) is 29.2. The minimum absolute atomic E-state index is 0.0371. The van der Waals surface area contributed by atoms with Crippen LogP contribution in [0.3, 0.4) is 0 Å². The van der Waals surface area contributed by atoms with Gasteiger partial charge in [0.2, 0.25) is 11.8 Å². The smallest absolute Gasteiger partial charge is 0.230 e. The Kier molecular flexibility index (Phi) is 9.15. The van der Waals surface area contributed by atoms with Crippen molar-refractivity contribution in [2.45, 2.75) is 38.9 Å². The fourth-order valence-corrected chi connectivity index (χ4v) is 6.37. The fraction of sp³-hybridized carbons (Fsp3) is 0.412. The van der Waals surface area contributed by atoms with Gasteiger partial charge in [0.05, 0.1) is 11.6 Å². The third-order valence-corrected chi connectivity index (χ3v) is 9.11. The van der Waals surface area contributed by atoms with Crippen molar-refractivity contribution in [1.82, 2.24) is 14.7 Å². The molecule has 3 aromatic rings. The van der Waals surface area contributed by atoms with Gasteiger partial charge >= 0.3 is 0 Å². The van der Waals surface area contributed by atoms with Crippen LogP contribution in [0.4, 0.5) is 5.69 Å². The molecule has 220 valence electrons. The molecule has 0 spiro atoms. The number of fused-ring (bicyclic) bond motifs is 1. The maximum Gasteiger partial charge on any atom is 0.230 e. The summed E-state index contributed by atoms with van der Waals surface area (Å²) >= 11 is 12.5. The van der Waals surface area contributed by atoms with Crippen LogP contribution in [0.5, 0.6) is 0 Å². The van der Waals surface area contributed by atoms with Crippen molar-refractivity contribution in [3.63, 3.8) is 0 Å². The first-order chi connectivity index (χ1) is 20.4. The molecule has 3 aromatic carbocycles. The van der Waals surface area contributed by atoms with Crippen molar-refractivity contribution < 1.29 is 9.59 Å². The SMILES string of the molecule is O=C(C1CN(Cc2ccc(Cl)cc2)C1)N1CCN(Cc2ccccc2)CCCN(C(=O)C2CC2)c2cc(Cl)ccc2C1. The summed E-state index contributed by atoms with van der Waals surface area (Å²) in [4.78, 5) is 36.2. The van der Waals surface area contributed by atoms with Gasteiger partial charge in [-0.3, -0.25) is 19.4 Å². The average molecular weight is 606 g/mol. The van der Waals surface area contributed by atoms with Gasteiger partial charge in [-0.1, -0.05) is 71.7 Å². The molecule has 0 bridgehead atoms. The minimum atomic E-state index is -0.0371. The van der Waals surface area contributed by atoms with E-state index in [1.54, 1.807) is 0 Å². The van der Waals surface area contributed by atoms with E-state index in [0.29, 0.717) is 24.7 Å². The van der Waals surface area contributed by atoms with Crippen molar-refractivity contribution >= 4 is 40.7 Å². The van der Waals surface area contributed by atoms with Gasteiger partial charge in [-0.05, 0) is 60.2 Å². The quantitative estimate of drug-likeness (QED) is 0.341. The minimum Gasteiger partial charge on any atom is -0.337 e. The Morgan fingerprint density at radius 3 is 2.12 bits per heavy atom. The van der Waals surface area contributed by atoms with Crippen molar-refractivity contribution in [1.29, 1.82) is 0 Å². The topological polar surface area (TPSA) is 47.1 Å². The molecule has 0 aromatic heterocycles. The average Bonchev–Trinajstić information content (AvgIpc) is 3.82. The molecule has 2 fully saturated rings. The van der Waals surface area contributed by atoms with Gasteiger partial charge in [-0.25, -0.2) is 0 Å². The summed E-state index contributed by atoms with van der Waals surface area (Å²) in [6.07, 6.45) is 2.75. The van der Waals surface area contributed by atoms with E-state index >= 15 is 0 Å². The lowest BCUT2D eigenvalue weighted by Crippen LogP contribution is -2.54. The molecule has 1 saturated carbocycles. The van der Waals surface area contributed by atoms with E-state index in [1.165, 1.54) is 11.1 Å². The summed E-state index contributed by atoms with van der Waals surface area (Å²) in [5, 5.41) is 1.34. The lowest BCUT2D eigenvalue weighted by atomic mass is 9.97. The van der Waals surface area contributed by atoms with E-state index in [-0.39, 0.29) is 23.7 Å². The van der Waals surface area contributed by atoms with Gasteiger partial charge in [0.15, 0.2) is 0 Å². The molecule has 0 N–H and O–H groups in total. The molecule has 3 aliphatic rings. The highest BCUT2D eigenvalue weighted by Crippen LogP contribution is 2.36. The molecular formula is C34H38Cl2N4O2. The van der Waals surface area contributed by atoms with Crippen molar-refractivity contribution in [3.8, 4) is 0 Å². The molecule has 6 rings (SSSR count). The van der Waals surface area contributed by atoms with Crippen LogP contribution >= 0.6 is 23.2 Å². The summed E-state index contributed by atoms with van der Waals surface area (Å²) < 4.78 is 0. The van der Waals surface area contributed by atoms with Crippen molar-refractivity contribution in [3.05, 3.63) is 99.5 Å². The molecule has 0 atom stereocenters. The zero-order chi connectivity index (χ0) is 29.1. The number of carbonyl (C=O) groups excluding carboxylic acids is 2. The van der Waals surface area contributed by atoms with E-state index in [4.69, 9.17) is 23.2 Å². The molecule has 0 unspecified atom stereocenters. The Balaban J connectivity index is 1.22. The van der Waals surface area contributed by atoms with Gasteiger partial charge in [-0.15, -0.1) is 0 Å². The van der Waals surface area contributed by atoms with Crippen LogP contribution in [0.25, 0.3) is 0 Å². The predicted octanol–water partition coefficient (Wildman–Crippen LogP) is 6.10. The zero-order valence-corrected chi connectivity index (χ0v) is 25.4. The van der Waals surface area contributed by atoms with E-state index in [9.17, 15) is 9.59 Å². The summed E-state index contributed by atoms with van der Waals surface area (Å²) in [6.45, 7) is 6.48. The number of anilines is 1. The largest absolute Gasteiger partial charge is 0.337 e. The molecule has 6 nitrogen and oxygen atoms in total. The normalized spacial score (nSPS) is 19.1. The van der Waals surface area contributed by atoms with Crippen LogP contribution < -0.4 is 4.90 Å². The predicted molar refractivity (Wildman–Crippen MR) is 169 cm³/mol. The van der Waals surface area contributed by atoms with Gasteiger partial charge in [0.25, 0.3) is 0 Å². The van der Waals surface area contributed by atoms with Gasteiger partial charge in [0, 0.05) is 74.9 Å². The third-order valence-electron chi connectivity index (χ3n) is 8.62. The Bertz CT molecular complexity index is 1390. The second-order valence-corrected chi connectivity index (χ2v) is 12.8. The maximum absolute atomic E-state index is 14.0. The van der Waals surface area contributed by atoms with Crippen LogP contribution in [0.1, 0.15) is 36.0 Å². The Hall–Kier alpha value is -2.90.